The minimum atomic E-state index is -3.90. The van der Waals surface area contributed by atoms with Gasteiger partial charge in [-0.15, -0.1) is 0 Å². The number of hydrogen-bond acceptors (Lipinski definition) is 4. The number of para-hydroxylation sites is 1. The Bertz CT molecular complexity index is 1010. The van der Waals surface area contributed by atoms with E-state index in [1.807, 2.05) is 0 Å². The zero-order chi connectivity index (χ0) is 21.2. The number of carbonyl (C=O) groups is 1. The first kappa shape index (κ1) is 21.5. The number of nitrogens with one attached hydrogen (secondary N) is 1. The van der Waals surface area contributed by atoms with Crippen molar-refractivity contribution in [2.45, 2.75) is 17.7 Å². The van der Waals surface area contributed by atoms with Gasteiger partial charge in [-0.3, -0.25) is 4.79 Å². The van der Waals surface area contributed by atoms with Crippen LogP contribution in [0.15, 0.2) is 41.3 Å². The Morgan fingerprint density at radius 2 is 1.93 bits per heavy atom. The predicted molar refractivity (Wildman–Crippen MR) is 104 cm³/mol. The van der Waals surface area contributed by atoms with E-state index in [-0.39, 0.29) is 23.0 Å². The Labute approximate surface area is 172 Å². The number of hydrogen-bond donors (Lipinski definition) is 1. The van der Waals surface area contributed by atoms with Crippen molar-refractivity contribution in [2.24, 2.45) is 5.92 Å². The lowest BCUT2D eigenvalue weighted by atomic mass is 9.98. The molecule has 0 bridgehead atoms. The molecule has 0 aromatic heterocycles. The van der Waals surface area contributed by atoms with Crippen LogP contribution in [0.4, 0.5) is 14.5 Å². The van der Waals surface area contributed by atoms with E-state index in [0.717, 1.165) is 12.1 Å². The van der Waals surface area contributed by atoms with E-state index >= 15 is 0 Å². The van der Waals surface area contributed by atoms with Crippen molar-refractivity contribution in [1.82, 2.24) is 4.31 Å². The zero-order valence-corrected chi connectivity index (χ0v) is 17.1. The largest absolute Gasteiger partial charge is 0.495 e. The summed E-state index contributed by atoms with van der Waals surface area (Å²) in [5.41, 5.74) is -0.542. The first-order chi connectivity index (χ1) is 13.7. The van der Waals surface area contributed by atoms with Crippen LogP contribution in [0, 0.1) is 17.6 Å². The molecule has 1 aliphatic rings. The highest BCUT2D eigenvalue weighted by atomic mass is 35.5. The molecule has 1 heterocycles. The molecule has 0 saturated carbocycles. The molecule has 29 heavy (non-hydrogen) atoms. The van der Waals surface area contributed by atoms with Crippen molar-refractivity contribution in [3.8, 4) is 5.75 Å². The zero-order valence-electron chi connectivity index (χ0n) is 15.5. The first-order valence-corrected chi connectivity index (χ1v) is 10.6. The van der Waals surface area contributed by atoms with Crippen molar-refractivity contribution >= 4 is 33.2 Å². The standard InChI is InChI=1S/C19H19ClF2N2O4S/c1-28-17-8-7-13(10-14(17)20)29(26,27)24-9-3-4-12(11-24)19(25)23-18-15(21)5-2-6-16(18)22/h2,5-8,10,12H,3-4,9,11H2,1H3,(H,23,25)/t12-/m0/s1. The van der Waals surface area contributed by atoms with Gasteiger partial charge in [0.25, 0.3) is 0 Å². The van der Waals surface area contributed by atoms with E-state index < -0.39 is 39.2 Å². The maximum absolute atomic E-state index is 13.8. The highest BCUT2D eigenvalue weighted by Gasteiger charge is 2.34. The van der Waals surface area contributed by atoms with Crippen LogP contribution in [0.5, 0.6) is 5.75 Å². The molecule has 1 saturated heterocycles. The van der Waals surface area contributed by atoms with Crippen LogP contribution in [0.2, 0.25) is 5.02 Å². The monoisotopic (exact) mass is 444 g/mol. The molecule has 2 aromatic carbocycles. The van der Waals surface area contributed by atoms with E-state index in [0.29, 0.717) is 18.6 Å². The minimum absolute atomic E-state index is 0.0236. The number of halogens is 3. The molecule has 10 heteroatoms. The van der Waals surface area contributed by atoms with E-state index in [1.165, 1.54) is 35.7 Å². The van der Waals surface area contributed by atoms with Gasteiger partial charge in [0.1, 0.15) is 23.1 Å². The number of sulfonamides is 1. The lowest BCUT2D eigenvalue weighted by Gasteiger charge is -2.31. The number of nitrogens with zero attached hydrogens (tertiary/aromatic N) is 1. The molecule has 1 N–H and O–H groups in total. The van der Waals surface area contributed by atoms with Crippen molar-refractivity contribution in [1.29, 1.82) is 0 Å². The summed E-state index contributed by atoms with van der Waals surface area (Å²) in [7, 11) is -2.48. The highest BCUT2D eigenvalue weighted by Crippen LogP contribution is 2.30. The lowest BCUT2D eigenvalue weighted by Crippen LogP contribution is -2.43. The van der Waals surface area contributed by atoms with Crippen molar-refractivity contribution in [2.75, 3.05) is 25.5 Å². The summed E-state index contributed by atoms with van der Waals surface area (Å²) in [6, 6.07) is 7.36. The van der Waals surface area contributed by atoms with Gasteiger partial charge in [-0.05, 0) is 43.2 Å². The topological polar surface area (TPSA) is 75.7 Å². The van der Waals surface area contributed by atoms with E-state index in [4.69, 9.17) is 16.3 Å². The Hall–Kier alpha value is -2.23. The fraction of sp³-hybridized carbons (Fsp3) is 0.316. The predicted octanol–water partition coefficient (Wildman–Crippen LogP) is 3.67. The number of methoxy groups -OCH3 is 1. The lowest BCUT2D eigenvalue weighted by molar-refractivity contribution is -0.120. The van der Waals surface area contributed by atoms with Crippen molar-refractivity contribution < 1.29 is 26.7 Å². The molecule has 3 rings (SSSR count). The second kappa shape index (κ2) is 8.64. The van der Waals surface area contributed by atoms with Gasteiger partial charge >= 0.3 is 0 Å². The summed E-state index contributed by atoms with van der Waals surface area (Å²) in [5, 5.41) is 2.38. The van der Waals surface area contributed by atoms with Gasteiger partial charge in [0.05, 0.1) is 22.9 Å². The molecule has 1 aliphatic heterocycles. The molecule has 2 aromatic rings. The van der Waals surface area contributed by atoms with Crippen LogP contribution >= 0.6 is 11.6 Å². The fourth-order valence-electron chi connectivity index (χ4n) is 3.17. The molecule has 1 amide bonds. The second-order valence-electron chi connectivity index (χ2n) is 6.58. The molecule has 156 valence electrons. The summed E-state index contributed by atoms with van der Waals surface area (Å²) in [4.78, 5) is 12.5. The summed E-state index contributed by atoms with van der Waals surface area (Å²) < 4.78 is 59.7. The third-order valence-corrected chi connectivity index (χ3v) is 6.88. The summed E-state index contributed by atoms with van der Waals surface area (Å²) in [6.07, 6.45) is 0.832. The number of benzene rings is 2. The molecule has 1 atom stereocenters. The maximum Gasteiger partial charge on any atom is 0.243 e. The third-order valence-electron chi connectivity index (χ3n) is 4.73. The molecule has 0 spiro atoms. The van der Waals surface area contributed by atoms with Gasteiger partial charge in [0, 0.05) is 13.1 Å². The van der Waals surface area contributed by atoms with Crippen LogP contribution < -0.4 is 10.1 Å². The van der Waals surface area contributed by atoms with Crippen molar-refractivity contribution in [3.63, 3.8) is 0 Å². The normalized spacial score (nSPS) is 17.7. The number of piperidine rings is 1. The SMILES string of the molecule is COc1ccc(S(=O)(=O)N2CCC[C@H](C(=O)Nc3c(F)cccc3F)C2)cc1Cl. The van der Waals surface area contributed by atoms with Crippen LogP contribution in [0.25, 0.3) is 0 Å². The minimum Gasteiger partial charge on any atom is -0.495 e. The Morgan fingerprint density at radius 3 is 2.55 bits per heavy atom. The van der Waals surface area contributed by atoms with Crippen LogP contribution in [0.3, 0.4) is 0 Å². The number of amides is 1. The van der Waals surface area contributed by atoms with E-state index in [2.05, 4.69) is 5.32 Å². The molecule has 0 aliphatic carbocycles. The molecule has 6 nitrogen and oxygen atoms in total. The number of anilines is 1. The summed E-state index contributed by atoms with van der Waals surface area (Å²) in [6.45, 7) is 0.123. The summed E-state index contributed by atoms with van der Waals surface area (Å²) in [5.74, 6) is -2.83. The van der Waals surface area contributed by atoms with Gasteiger partial charge in [-0.25, -0.2) is 17.2 Å². The third kappa shape index (κ3) is 4.52. The number of ether oxygens (including phenoxy) is 1. The smallest absolute Gasteiger partial charge is 0.243 e. The molecule has 1 fully saturated rings. The van der Waals surface area contributed by atoms with Gasteiger partial charge in [0.2, 0.25) is 15.9 Å². The van der Waals surface area contributed by atoms with Crippen LogP contribution in [-0.4, -0.2) is 38.8 Å². The Kier molecular flexibility index (Phi) is 6.40. The number of rotatable bonds is 5. The average Bonchev–Trinajstić information content (AvgIpc) is 2.70. The van der Waals surface area contributed by atoms with Crippen LogP contribution in [0.1, 0.15) is 12.8 Å². The Morgan fingerprint density at radius 1 is 1.24 bits per heavy atom. The average molecular weight is 445 g/mol. The maximum atomic E-state index is 13.8. The van der Waals surface area contributed by atoms with Gasteiger partial charge in [-0.1, -0.05) is 17.7 Å². The van der Waals surface area contributed by atoms with Gasteiger partial charge < -0.3 is 10.1 Å². The molecular formula is C19H19ClF2N2O4S. The highest BCUT2D eigenvalue weighted by molar-refractivity contribution is 7.89. The Balaban J connectivity index is 1.77. The first-order valence-electron chi connectivity index (χ1n) is 8.82. The second-order valence-corrected chi connectivity index (χ2v) is 8.93. The van der Waals surface area contributed by atoms with Gasteiger partial charge in [-0.2, -0.15) is 4.31 Å². The van der Waals surface area contributed by atoms with E-state index in [9.17, 15) is 22.0 Å². The van der Waals surface area contributed by atoms with E-state index in [1.54, 1.807) is 0 Å². The molecular weight excluding hydrogens is 426 g/mol. The quantitative estimate of drug-likeness (QED) is 0.763. The van der Waals surface area contributed by atoms with Crippen molar-refractivity contribution in [3.05, 3.63) is 53.1 Å². The van der Waals surface area contributed by atoms with Crippen LogP contribution in [-0.2, 0) is 14.8 Å². The molecule has 0 radical (unpaired) electrons. The van der Waals surface area contributed by atoms with Gasteiger partial charge in [0.15, 0.2) is 0 Å². The fourth-order valence-corrected chi connectivity index (χ4v) is 5.05. The number of carbonyl (C=O) groups excluding carboxylic acids is 1. The summed E-state index contributed by atoms with van der Waals surface area (Å²) >= 11 is 6.03. The molecule has 0 unspecified atom stereocenters.